The van der Waals surface area contributed by atoms with Gasteiger partial charge in [0.1, 0.15) is 0 Å². The molecule has 4 rings (SSSR count). The summed E-state index contributed by atoms with van der Waals surface area (Å²) in [6.07, 6.45) is 7.28. The lowest BCUT2D eigenvalue weighted by Crippen LogP contribution is -2.52. The first-order valence-electron chi connectivity index (χ1n) is 9.30. The maximum Gasteiger partial charge on any atom is 0.246 e. The van der Waals surface area contributed by atoms with E-state index >= 15 is 0 Å². The molecule has 0 aromatic heterocycles. The lowest BCUT2D eigenvalue weighted by molar-refractivity contribution is -0.146. The summed E-state index contributed by atoms with van der Waals surface area (Å²) in [7, 11) is 0. The fraction of sp³-hybridized carbons (Fsp3) is 0.842. The van der Waals surface area contributed by atoms with Crippen molar-refractivity contribution < 1.29 is 9.59 Å². The van der Waals surface area contributed by atoms with E-state index < -0.39 is 0 Å². The Labute approximate surface area is 145 Å². The monoisotopic (exact) mass is 333 g/mol. The van der Waals surface area contributed by atoms with Crippen LogP contribution in [0.25, 0.3) is 0 Å². The van der Waals surface area contributed by atoms with Gasteiger partial charge in [-0.05, 0) is 84.0 Å². The summed E-state index contributed by atoms with van der Waals surface area (Å²) < 4.78 is 0. The Bertz CT molecular complexity index is 524. The van der Waals surface area contributed by atoms with Gasteiger partial charge in [-0.15, -0.1) is 0 Å². The van der Waals surface area contributed by atoms with E-state index in [4.69, 9.17) is 0 Å². The summed E-state index contributed by atoms with van der Waals surface area (Å²) in [5.74, 6) is 2.24. The lowest BCUT2D eigenvalue weighted by atomic mass is 9.49. The van der Waals surface area contributed by atoms with Gasteiger partial charge in [0.2, 0.25) is 11.8 Å². The van der Waals surface area contributed by atoms with Crippen LogP contribution >= 0.6 is 0 Å². The Hall–Kier alpha value is -1.39. The zero-order chi connectivity index (χ0) is 17.5. The van der Waals surface area contributed by atoms with Crippen LogP contribution in [0.2, 0.25) is 0 Å². The van der Waals surface area contributed by atoms with E-state index in [1.807, 2.05) is 20.8 Å². The normalized spacial score (nSPS) is 35.0. The average molecular weight is 333 g/mol. The van der Waals surface area contributed by atoms with E-state index in [9.17, 15) is 9.59 Å². The van der Waals surface area contributed by atoms with Gasteiger partial charge < -0.3 is 5.32 Å². The SMILES string of the molecule is C/C(CC(=O)NC(C)(C)C)=N/NC(=O)C12CC3CC(CC(C3)C1)C2. The standard InChI is InChI=1S/C19H31N3O2/c1-12(5-16(23)20-18(2,3)4)21-22-17(24)19-9-13-6-14(10-19)8-15(7-13)11-19/h13-15H,5-11H2,1-4H3,(H,20,23)(H,22,24)/b21-12-. The third-order valence-electron chi connectivity index (χ3n) is 5.80. The highest BCUT2D eigenvalue weighted by molar-refractivity contribution is 6.00. The summed E-state index contributed by atoms with van der Waals surface area (Å²) in [5.41, 5.74) is 2.99. The molecule has 4 fully saturated rings. The van der Waals surface area contributed by atoms with Crippen LogP contribution in [-0.2, 0) is 9.59 Å². The molecule has 5 heteroatoms. The Kier molecular flexibility index (Phi) is 4.47. The highest BCUT2D eigenvalue weighted by atomic mass is 16.2. The number of nitrogens with one attached hydrogen (secondary N) is 2. The fourth-order valence-electron chi connectivity index (χ4n) is 5.39. The van der Waals surface area contributed by atoms with E-state index in [1.165, 1.54) is 19.3 Å². The highest BCUT2D eigenvalue weighted by Crippen LogP contribution is 2.60. The molecule has 0 radical (unpaired) electrons. The van der Waals surface area contributed by atoms with Crippen LogP contribution in [0.4, 0.5) is 0 Å². The van der Waals surface area contributed by atoms with Gasteiger partial charge in [-0.25, -0.2) is 5.43 Å². The quantitative estimate of drug-likeness (QED) is 0.613. The second-order valence-corrected chi connectivity index (χ2v) is 9.46. The van der Waals surface area contributed by atoms with Gasteiger partial charge in [0.25, 0.3) is 0 Å². The van der Waals surface area contributed by atoms with E-state index in [1.54, 1.807) is 6.92 Å². The van der Waals surface area contributed by atoms with E-state index in [0.29, 0.717) is 5.71 Å². The van der Waals surface area contributed by atoms with Crippen molar-refractivity contribution in [3.63, 3.8) is 0 Å². The molecule has 4 saturated carbocycles. The molecular formula is C19H31N3O2. The first-order valence-corrected chi connectivity index (χ1v) is 9.30. The van der Waals surface area contributed by atoms with Crippen LogP contribution in [0.5, 0.6) is 0 Å². The molecular weight excluding hydrogens is 302 g/mol. The molecule has 0 aromatic carbocycles. The number of amides is 2. The van der Waals surface area contributed by atoms with E-state index in [0.717, 1.165) is 37.0 Å². The van der Waals surface area contributed by atoms with Gasteiger partial charge in [0, 0.05) is 11.3 Å². The molecule has 4 bridgehead atoms. The second-order valence-electron chi connectivity index (χ2n) is 9.46. The zero-order valence-corrected chi connectivity index (χ0v) is 15.4. The summed E-state index contributed by atoms with van der Waals surface area (Å²) in [6.45, 7) is 7.65. The van der Waals surface area contributed by atoms with Crippen LogP contribution < -0.4 is 10.7 Å². The Balaban J connectivity index is 1.56. The smallest absolute Gasteiger partial charge is 0.246 e. The molecule has 5 nitrogen and oxygen atoms in total. The van der Waals surface area contributed by atoms with Crippen molar-refractivity contribution in [2.45, 2.75) is 78.2 Å². The third-order valence-corrected chi connectivity index (χ3v) is 5.80. The molecule has 0 atom stereocenters. The van der Waals surface area contributed by atoms with Gasteiger partial charge >= 0.3 is 0 Å². The highest BCUT2D eigenvalue weighted by Gasteiger charge is 2.54. The first kappa shape index (κ1) is 17.4. The van der Waals surface area contributed by atoms with E-state index in [-0.39, 0.29) is 29.2 Å². The van der Waals surface area contributed by atoms with Gasteiger partial charge in [0.05, 0.1) is 11.8 Å². The Morgan fingerprint density at radius 1 is 1.04 bits per heavy atom. The van der Waals surface area contributed by atoms with Gasteiger partial charge in [-0.1, -0.05) is 0 Å². The van der Waals surface area contributed by atoms with Crippen molar-refractivity contribution in [2.75, 3.05) is 0 Å². The number of hydrazone groups is 1. The van der Waals surface area contributed by atoms with Gasteiger partial charge in [-0.2, -0.15) is 5.10 Å². The first-order chi connectivity index (χ1) is 11.2. The Morgan fingerprint density at radius 2 is 1.54 bits per heavy atom. The summed E-state index contributed by atoms with van der Waals surface area (Å²) in [4.78, 5) is 24.7. The minimum atomic E-state index is -0.250. The molecule has 134 valence electrons. The third kappa shape index (κ3) is 3.81. The molecule has 2 amide bonds. The molecule has 24 heavy (non-hydrogen) atoms. The van der Waals surface area contributed by atoms with Gasteiger partial charge in [-0.3, -0.25) is 9.59 Å². The van der Waals surface area contributed by atoms with Crippen LogP contribution in [0.3, 0.4) is 0 Å². The number of nitrogens with zero attached hydrogens (tertiary/aromatic N) is 1. The Morgan fingerprint density at radius 3 is 2.00 bits per heavy atom. The molecule has 4 aliphatic rings. The summed E-state index contributed by atoms with van der Waals surface area (Å²) in [5, 5.41) is 7.12. The fourth-order valence-corrected chi connectivity index (χ4v) is 5.39. The van der Waals surface area contributed by atoms with Crippen molar-refractivity contribution in [1.82, 2.24) is 10.7 Å². The predicted octanol–water partition coefficient (Wildman–Crippen LogP) is 3.00. The largest absolute Gasteiger partial charge is 0.351 e. The minimum absolute atomic E-state index is 0.0622. The molecule has 4 aliphatic carbocycles. The van der Waals surface area contributed by atoms with E-state index in [2.05, 4.69) is 15.8 Å². The van der Waals surface area contributed by atoms with Crippen molar-refractivity contribution in [3.8, 4) is 0 Å². The van der Waals surface area contributed by atoms with Crippen LogP contribution in [0.1, 0.15) is 72.6 Å². The number of carbonyl (C=O) groups is 2. The number of rotatable bonds is 4. The lowest BCUT2D eigenvalue weighted by Gasteiger charge is -2.55. The number of carbonyl (C=O) groups excluding carboxylic acids is 2. The molecule has 0 unspecified atom stereocenters. The maximum absolute atomic E-state index is 12.8. The summed E-state index contributed by atoms with van der Waals surface area (Å²) >= 11 is 0. The van der Waals surface area contributed by atoms with Crippen molar-refractivity contribution >= 4 is 17.5 Å². The molecule has 2 N–H and O–H groups in total. The molecule has 0 aromatic rings. The molecule has 0 saturated heterocycles. The van der Waals surface area contributed by atoms with Crippen molar-refractivity contribution in [1.29, 1.82) is 0 Å². The van der Waals surface area contributed by atoms with Crippen LogP contribution in [-0.4, -0.2) is 23.1 Å². The second kappa shape index (κ2) is 6.16. The topological polar surface area (TPSA) is 70.6 Å². The molecule has 0 aliphatic heterocycles. The van der Waals surface area contributed by atoms with Crippen molar-refractivity contribution in [3.05, 3.63) is 0 Å². The summed E-state index contributed by atoms with van der Waals surface area (Å²) in [6, 6.07) is 0. The van der Waals surface area contributed by atoms with Gasteiger partial charge in [0.15, 0.2) is 0 Å². The van der Waals surface area contributed by atoms with Crippen molar-refractivity contribution in [2.24, 2.45) is 28.3 Å². The number of hydrogen-bond acceptors (Lipinski definition) is 3. The minimum Gasteiger partial charge on any atom is -0.351 e. The maximum atomic E-state index is 12.8. The predicted molar refractivity (Wildman–Crippen MR) is 94.4 cm³/mol. The molecule has 0 heterocycles. The van der Waals surface area contributed by atoms with Crippen LogP contribution in [0.15, 0.2) is 5.10 Å². The van der Waals surface area contributed by atoms with Crippen LogP contribution in [0, 0.1) is 23.2 Å². The zero-order valence-electron chi connectivity index (χ0n) is 15.4. The molecule has 0 spiro atoms. The number of hydrogen-bond donors (Lipinski definition) is 2. The average Bonchev–Trinajstić information content (AvgIpc) is 2.40.